The van der Waals surface area contributed by atoms with E-state index >= 15 is 0 Å². The van der Waals surface area contributed by atoms with Gasteiger partial charge in [0.2, 0.25) is 0 Å². The summed E-state index contributed by atoms with van der Waals surface area (Å²) in [4.78, 5) is 0.102. The average Bonchev–Trinajstić information content (AvgIpc) is 2.60. The second-order valence-corrected chi connectivity index (χ2v) is 7.67. The topological polar surface area (TPSA) is 46.2 Å². The number of aryl methyl sites for hydroxylation is 1. The molecule has 0 heterocycles. The smallest absolute Gasteiger partial charge is 0.261 e. The Balaban J connectivity index is 1.89. The van der Waals surface area contributed by atoms with E-state index in [1.807, 2.05) is 30.3 Å². The summed E-state index contributed by atoms with van der Waals surface area (Å²) in [5.74, 6) is -0.486. The second-order valence-electron chi connectivity index (χ2n) is 5.58. The Morgan fingerprint density at radius 1 is 0.920 bits per heavy atom. The first-order chi connectivity index (χ1) is 11.9. The van der Waals surface area contributed by atoms with Gasteiger partial charge >= 0.3 is 0 Å². The summed E-state index contributed by atoms with van der Waals surface area (Å²) in [6.07, 6.45) is 0. The molecular formula is C19H15ClFNO2S. The summed E-state index contributed by atoms with van der Waals surface area (Å²) < 4.78 is 40.9. The van der Waals surface area contributed by atoms with Gasteiger partial charge in [0.25, 0.3) is 10.0 Å². The first-order valence-electron chi connectivity index (χ1n) is 7.51. The molecule has 0 unspecified atom stereocenters. The minimum atomic E-state index is -3.82. The molecule has 0 saturated carbocycles. The van der Waals surface area contributed by atoms with Gasteiger partial charge in [0.15, 0.2) is 0 Å². The van der Waals surface area contributed by atoms with Crippen LogP contribution in [0.4, 0.5) is 10.1 Å². The number of rotatable bonds is 4. The number of nitrogens with one attached hydrogen (secondary N) is 1. The number of anilines is 1. The van der Waals surface area contributed by atoms with Gasteiger partial charge in [0.05, 0.1) is 15.6 Å². The van der Waals surface area contributed by atoms with Crippen LogP contribution >= 0.6 is 11.6 Å². The Bertz CT molecular complexity index is 1000. The number of sulfonamides is 1. The molecule has 0 bridgehead atoms. The fraction of sp³-hybridized carbons (Fsp3) is 0.0526. The zero-order chi connectivity index (χ0) is 18.0. The van der Waals surface area contributed by atoms with Crippen molar-refractivity contribution < 1.29 is 12.8 Å². The monoisotopic (exact) mass is 375 g/mol. The minimum absolute atomic E-state index is 0.00702. The van der Waals surface area contributed by atoms with Crippen molar-refractivity contribution >= 4 is 27.3 Å². The number of halogens is 2. The van der Waals surface area contributed by atoms with Crippen LogP contribution in [0, 0.1) is 12.7 Å². The number of hydrogen-bond donors (Lipinski definition) is 1. The molecule has 3 aromatic rings. The van der Waals surface area contributed by atoms with Crippen LogP contribution in [0.25, 0.3) is 11.1 Å². The minimum Gasteiger partial charge on any atom is -0.278 e. The van der Waals surface area contributed by atoms with Crippen LogP contribution in [0.5, 0.6) is 0 Å². The molecule has 3 nitrogen and oxygen atoms in total. The molecule has 128 valence electrons. The Morgan fingerprint density at radius 2 is 1.52 bits per heavy atom. The highest BCUT2D eigenvalue weighted by Crippen LogP contribution is 2.28. The predicted molar refractivity (Wildman–Crippen MR) is 98.8 cm³/mol. The van der Waals surface area contributed by atoms with Crippen molar-refractivity contribution in [2.75, 3.05) is 4.72 Å². The molecule has 3 aromatic carbocycles. The van der Waals surface area contributed by atoms with Gasteiger partial charge in [0, 0.05) is 0 Å². The van der Waals surface area contributed by atoms with Crippen LogP contribution in [-0.2, 0) is 10.0 Å². The van der Waals surface area contributed by atoms with Gasteiger partial charge in [-0.3, -0.25) is 4.72 Å². The summed E-state index contributed by atoms with van der Waals surface area (Å²) in [7, 11) is -3.82. The highest BCUT2D eigenvalue weighted by Gasteiger charge is 2.17. The largest absolute Gasteiger partial charge is 0.278 e. The Labute approximate surface area is 151 Å². The molecule has 0 amide bonds. The molecule has 0 saturated heterocycles. The average molecular weight is 376 g/mol. The third kappa shape index (κ3) is 3.83. The van der Waals surface area contributed by atoms with E-state index in [2.05, 4.69) is 4.72 Å². The second kappa shape index (κ2) is 6.86. The summed E-state index contributed by atoms with van der Waals surface area (Å²) in [5, 5.41) is 0.00702. The molecule has 6 heteroatoms. The van der Waals surface area contributed by atoms with Crippen molar-refractivity contribution in [1.82, 2.24) is 0 Å². The van der Waals surface area contributed by atoms with Crippen LogP contribution in [0.15, 0.2) is 71.6 Å². The molecule has 0 fully saturated rings. The fourth-order valence-electron chi connectivity index (χ4n) is 2.40. The van der Waals surface area contributed by atoms with Gasteiger partial charge in [-0.25, -0.2) is 12.8 Å². The SMILES string of the molecule is Cc1cc(NS(=O)(=O)c2ccc(-c3ccccc3)cc2)c(Cl)cc1F. The van der Waals surface area contributed by atoms with E-state index < -0.39 is 15.8 Å². The molecule has 0 aliphatic carbocycles. The van der Waals surface area contributed by atoms with E-state index in [1.54, 1.807) is 12.1 Å². The van der Waals surface area contributed by atoms with Gasteiger partial charge < -0.3 is 0 Å². The van der Waals surface area contributed by atoms with Gasteiger partial charge in [-0.15, -0.1) is 0 Å². The third-order valence-corrected chi connectivity index (χ3v) is 5.46. The maximum absolute atomic E-state index is 13.5. The quantitative estimate of drug-likeness (QED) is 0.676. The molecule has 0 aromatic heterocycles. The zero-order valence-corrected chi connectivity index (χ0v) is 14.9. The van der Waals surface area contributed by atoms with E-state index in [1.165, 1.54) is 25.1 Å². The number of benzene rings is 3. The molecule has 0 radical (unpaired) electrons. The Hall–Kier alpha value is -2.37. The summed E-state index contributed by atoms with van der Waals surface area (Å²) >= 11 is 5.93. The molecule has 0 atom stereocenters. The summed E-state index contributed by atoms with van der Waals surface area (Å²) in [5.41, 5.74) is 2.36. The van der Waals surface area contributed by atoms with E-state index in [4.69, 9.17) is 11.6 Å². The van der Waals surface area contributed by atoms with Gasteiger partial charge in [-0.2, -0.15) is 0 Å². The molecule has 0 spiro atoms. The molecule has 25 heavy (non-hydrogen) atoms. The fourth-order valence-corrected chi connectivity index (χ4v) is 3.72. The Morgan fingerprint density at radius 3 is 2.16 bits per heavy atom. The van der Waals surface area contributed by atoms with Gasteiger partial charge in [-0.05, 0) is 47.9 Å². The highest BCUT2D eigenvalue weighted by molar-refractivity contribution is 7.92. The lowest BCUT2D eigenvalue weighted by Crippen LogP contribution is -2.13. The Kier molecular flexibility index (Phi) is 4.79. The molecule has 0 aliphatic heterocycles. The van der Waals surface area contributed by atoms with E-state index in [-0.39, 0.29) is 15.6 Å². The molecular weight excluding hydrogens is 361 g/mol. The van der Waals surface area contributed by atoms with Crippen molar-refractivity contribution in [2.24, 2.45) is 0 Å². The van der Waals surface area contributed by atoms with Gasteiger partial charge in [-0.1, -0.05) is 54.1 Å². The maximum Gasteiger partial charge on any atom is 0.261 e. The van der Waals surface area contributed by atoms with Crippen molar-refractivity contribution in [3.05, 3.63) is 83.1 Å². The van der Waals surface area contributed by atoms with Crippen molar-refractivity contribution in [3.63, 3.8) is 0 Å². The normalized spacial score (nSPS) is 11.3. The lowest BCUT2D eigenvalue weighted by molar-refractivity contribution is 0.601. The first-order valence-corrected chi connectivity index (χ1v) is 9.37. The van der Waals surface area contributed by atoms with Crippen molar-refractivity contribution in [1.29, 1.82) is 0 Å². The molecule has 1 N–H and O–H groups in total. The maximum atomic E-state index is 13.5. The predicted octanol–water partition coefficient (Wildman–Crippen LogP) is 5.26. The summed E-state index contributed by atoms with van der Waals surface area (Å²) in [6, 6.07) is 18.6. The third-order valence-electron chi connectivity index (χ3n) is 3.76. The standard InChI is InChI=1S/C19H15ClFNO2S/c1-13-11-19(17(20)12-18(13)21)22-25(23,24)16-9-7-15(8-10-16)14-5-3-2-4-6-14/h2-12,22H,1H3. The lowest BCUT2D eigenvalue weighted by Gasteiger charge is -2.11. The van der Waals surface area contributed by atoms with Gasteiger partial charge in [0.1, 0.15) is 5.82 Å². The number of hydrogen-bond acceptors (Lipinski definition) is 2. The van der Waals surface area contributed by atoms with E-state index in [0.717, 1.165) is 17.2 Å². The van der Waals surface area contributed by atoms with Crippen molar-refractivity contribution in [3.8, 4) is 11.1 Å². The van der Waals surface area contributed by atoms with E-state index in [9.17, 15) is 12.8 Å². The molecule has 3 rings (SSSR count). The lowest BCUT2D eigenvalue weighted by atomic mass is 10.1. The van der Waals surface area contributed by atoms with Crippen LogP contribution in [0.2, 0.25) is 5.02 Å². The van der Waals surface area contributed by atoms with Crippen LogP contribution in [0.3, 0.4) is 0 Å². The van der Waals surface area contributed by atoms with Crippen LogP contribution < -0.4 is 4.72 Å². The van der Waals surface area contributed by atoms with Crippen LogP contribution in [-0.4, -0.2) is 8.42 Å². The van der Waals surface area contributed by atoms with Crippen molar-refractivity contribution in [2.45, 2.75) is 11.8 Å². The van der Waals surface area contributed by atoms with E-state index in [0.29, 0.717) is 5.56 Å². The molecule has 0 aliphatic rings. The van der Waals surface area contributed by atoms with Crippen LogP contribution in [0.1, 0.15) is 5.56 Å². The zero-order valence-electron chi connectivity index (χ0n) is 13.3. The first kappa shape index (κ1) is 17.5. The summed E-state index contributed by atoms with van der Waals surface area (Å²) in [6.45, 7) is 1.54. The highest BCUT2D eigenvalue weighted by atomic mass is 35.5.